The second-order valence-electron chi connectivity index (χ2n) is 11.0. The Morgan fingerprint density at radius 2 is 1.47 bits per heavy atom. The molecule has 0 unspecified atom stereocenters. The first-order chi connectivity index (χ1) is 18.7. The number of rotatable bonds is 7. The minimum Gasteiger partial charge on any atom is -0.383 e. The van der Waals surface area contributed by atoms with Crippen molar-refractivity contribution >= 4 is 16.9 Å². The van der Waals surface area contributed by atoms with Gasteiger partial charge in [0.1, 0.15) is 17.8 Å². The van der Waals surface area contributed by atoms with Gasteiger partial charge in [-0.1, -0.05) is 54.6 Å². The smallest absolute Gasteiger partial charge is 0.146 e. The topological polar surface area (TPSA) is 75.2 Å². The molecule has 4 aromatic rings. The quantitative estimate of drug-likeness (QED) is 0.376. The molecule has 2 aromatic heterocycles. The Labute approximate surface area is 225 Å². The van der Waals surface area contributed by atoms with E-state index in [0.29, 0.717) is 17.9 Å². The molecule has 1 saturated heterocycles. The molecule has 2 aromatic carbocycles. The van der Waals surface area contributed by atoms with E-state index in [9.17, 15) is 0 Å². The van der Waals surface area contributed by atoms with Crippen molar-refractivity contribution in [3.63, 3.8) is 0 Å². The number of aromatic nitrogens is 3. The molecule has 3 heterocycles. The maximum absolute atomic E-state index is 6.43. The lowest BCUT2D eigenvalue weighted by Crippen LogP contribution is -2.49. The summed E-state index contributed by atoms with van der Waals surface area (Å²) < 4.78 is 2.39. The molecule has 2 fully saturated rings. The second-order valence-corrected chi connectivity index (χ2v) is 11.0. The zero-order valence-corrected chi connectivity index (χ0v) is 22.4. The molecule has 3 N–H and O–H groups in total. The summed E-state index contributed by atoms with van der Waals surface area (Å²) in [4.78, 5) is 14.2. The number of nitrogens with two attached hydrogens (primary N) is 1. The van der Waals surface area contributed by atoms with E-state index in [-0.39, 0.29) is 0 Å². The van der Waals surface area contributed by atoms with Gasteiger partial charge in [0.05, 0.1) is 5.39 Å². The van der Waals surface area contributed by atoms with Crippen molar-refractivity contribution in [1.82, 2.24) is 29.7 Å². The summed E-state index contributed by atoms with van der Waals surface area (Å²) in [7, 11) is 2.23. The number of fused-ring (bicyclic) bond motifs is 1. The van der Waals surface area contributed by atoms with E-state index in [1.165, 1.54) is 63.0 Å². The van der Waals surface area contributed by atoms with Crippen molar-refractivity contribution in [3.05, 3.63) is 78.2 Å². The number of piperazine rings is 1. The second kappa shape index (κ2) is 11.2. The fourth-order valence-corrected chi connectivity index (χ4v) is 6.24. The van der Waals surface area contributed by atoms with Gasteiger partial charge in [0, 0.05) is 63.1 Å². The van der Waals surface area contributed by atoms with Crippen LogP contribution in [0.2, 0.25) is 0 Å². The number of nitrogens with zero attached hydrogens (tertiary/aromatic N) is 5. The van der Waals surface area contributed by atoms with E-state index in [1.807, 2.05) is 0 Å². The van der Waals surface area contributed by atoms with Crippen LogP contribution in [0.25, 0.3) is 22.2 Å². The van der Waals surface area contributed by atoms with Crippen LogP contribution < -0.4 is 11.1 Å². The third kappa shape index (κ3) is 5.32. The Balaban J connectivity index is 1.17. The first-order valence-electron chi connectivity index (χ1n) is 14.0. The Bertz CT molecular complexity index is 1330. The summed E-state index contributed by atoms with van der Waals surface area (Å²) in [6.45, 7) is 6.46. The van der Waals surface area contributed by atoms with Crippen molar-refractivity contribution < 1.29 is 0 Å². The number of benzene rings is 2. The molecular formula is C31H39N7. The van der Waals surface area contributed by atoms with Gasteiger partial charge in [0.25, 0.3) is 0 Å². The molecule has 1 saturated carbocycles. The summed E-state index contributed by atoms with van der Waals surface area (Å²) in [5.74, 6) is 0.559. The Kier molecular flexibility index (Phi) is 7.40. The first-order valence-corrected chi connectivity index (χ1v) is 14.0. The Morgan fingerprint density at radius 1 is 0.816 bits per heavy atom. The van der Waals surface area contributed by atoms with E-state index in [2.05, 4.69) is 92.5 Å². The van der Waals surface area contributed by atoms with Gasteiger partial charge >= 0.3 is 0 Å². The number of nitrogen functional groups attached to an aromatic ring is 1. The van der Waals surface area contributed by atoms with E-state index in [0.717, 1.165) is 35.2 Å². The van der Waals surface area contributed by atoms with Gasteiger partial charge in [-0.3, -0.25) is 4.90 Å². The van der Waals surface area contributed by atoms with Gasteiger partial charge in [0.15, 0.2) is 0 Å². The molecule has 0 amide bonds. The minimum absolute atomic E-state index is 0.450. The molecule has 1 aliphatic carbocycles. The molecule has 0 spiro atoms. The highest BCUT2D eigenvalue weighted by atomic mass is 15.3. The van der Waals surface area contributed by atoms with Crippen LogP contribution in [-0.2, 0) is 13.1 Å². The van der Waals surface area contributed by atoms with Crippen molar-refractivity contribution in [2.75, 3.05) is 39.0 Å². The van der Waals surface area contributed by atoms with Crippen molar-refractivity contribution in [3.8, 4) is 11.1 Å². The number of anilines is 1. The highest BCUT2D eigenvalue weighted by Crippen LogP contribution is 2.39. The zero-order chi connectivity index (χ0) is 25.9. The van der Waals surface area contributed by atoms with Gasteiger partial charge < -0.3 is 20.5 Å². The summed E-state index contributed by atoms with van der Waals surface area (Å²) in [6, 6.07) is 20.5. The van der Waals surface area contributed by atoms with Gasteiger partial charge in [-0.25, -0.2) is 9.97 Å². The predicted octanol–water partition coefficient (Wildman–Crippen LogP) is 4.70. The van der Waals surface area contributed by atoms with Gasteiger partial charge in [0.2, 0.25) is 0 Å². The maximum atomic E-state index is 6.43. The molecule has 2 aliphatic rings. The van der Waals surface area contributed by atoms with Crippen LogP contribution in [0.4, 0.5) is 5.82 Å². The summed E-state index contributed by atoms with van der Waals surface area (Å²) in [6.07, 6.45) is 8.73. The van der Waals surface area contributed by atoms with Crippen LogP contribution in [0.1, 0.15) is 42.9 Å². The van der Waals surface area contributed by atoms with Crippen LogP contribution in [0.3, 0.4) is 0 Å². The Hall–Kier alpha value is -3.26. The third-order valence-corrected chi connectivity index (χ3v) is 8.52. The molecule has 6 rings (SSSR count). The largest absolute Gasteiger partial charge is 0.383 e. The average Bonchev–Trinajstić information content (AvgIpc) is 3.36. The molecule has 38 heavy (non-hydrogen) atoms. The van der Waals surface area contributed by atoms with Gasteiger partial charge in [-0.05, 0) is 49.4 Å². The Morgan fingerprint density at radius 3 is 2.18 bits per heavy atom. The molecule has 0 radical (unpaired) electrons. The maximum Gasteiger partial charge on any atom is 0.146 e. The van der Waals surface area contributed by atoms with Gasteiger partial charge in [-0.15, -0.1) is 0 Å². The van der Waals surface area contributed by atoms with Crippen molar-refractivity contribution in [1.29, 1.82) is 0 Å². The van der Waals surface area contributed by atoms with Crippen LogP contribution in [0, 0.1) is 0 Å². The summed E-state index contributed by atoms with van der Waals surface area (Å²) in [5.41, 5.74) is 12.2. The normalized spacial score (nSPS) is 21.2. The molecule has 7 nitrogen and oxygen atoms in total. The number of likely N-dealkylation sites (N-methyl/N-ethyl adjacent to an activating group) is 1. The predicted molar refractivity (Wildman–Crippen MR) is 155 cm³/mol. The fourth-order valence-electron chi connectivity index (χ4n) is 6.24. The van der Waals surface area contributed by atoms with E-state index in [4.69, 9.17) is 10.7 Å². The van der Waals surface area contributed by atoms with E-state index in [1.54, 1.807) is 6.33 Å². The van der Waals surface area contributed by atoms with E-state index >= 15 is 0 Å². The standard InChI is InChI=1S/C31H39N7/c1-36-15-17-37(18-16-36)26-11-13-27(14-12-26)38-21-28(29-30(32)34-22-35-31(29)38)25-9-7-24(8-10-25)20-33-19-23-5-3-2-4-6-23/h2-10,21-22,26-27,33H,11-20H2,1H3,(H2,32,34,35). The molecule has 198 valence electrons. The monoisotopic (exact) mass is 509 g/mol. The molecule has 7 heteroatoms. The molecular weight excluding hydrogens is 470 g/mol. The SMILES string of the molecule is CN1CCN(C2CCC(n3cc(-c4ccc(CNCc5ccccc5)cc4)c4c(N)ncnc43)CC2)CC1. The van der Waals surface area contributed by atoms with Crippen LogP contribution in [0.15, 0.2) is 67.1 Å². The average molecular weight is 510 g/mol. The minimum atomic E-state index is 0.450. The molecule has 0 bridgehead atoms. The van der Waals surface area contributed by atoms with Crippen LogP contribution in [0.5, 0.6) is 0 Å². The summed E-state index contributed by atoms with van der Waals surface area (Å²) in [5, 5.41) is 4.52. The number of hydrogen-bond acceptors (Lipinski definition) is 6. The van der Waals surface area contributed by atoms with Crippen LogP contribution in [-0.4, -0.2) is 63.6 Å². The highest BCUT2D eigenvalue weighted by Gasteiger charge is 2.29. The summed E-state index contributed by atoms with van der Waals surface area (Å²) >= 11 is 0. The fraction of sp³-hybridized carbons (Fsp3) is 0.419. The van der Waals surface area contributed by atoms with Crippen molar-refractivity contribution in [2.45, 2.75) is 50.9 Å². The van der Waals surface area contributed by atoms with Crippen molar-refractivity contribution in [2.24, 2.45) is 0 Å². The van der Waals surface area contributed by atoms with E-state index < -0.39 is 0 Å². The molecule has 1 aliphatic heterocycles. The highest BCUT2D eigenvalue weighted by molar-refractivity contribution is 6.00. The number of hydrogen-bond donors (Lipinski definition) is 2. The zero-order valence-electron chi connectivity index (χ0n) is 22.4. The molecule has 0 atom stereocenters. The van der Waals surface area contributed by atoms with Crippen LogP contribution >= 0.6 is 0 Å². The number of nitrogens with one attached hydrogen (secondary N) is 1. The lowest BCUT2D eigenvalue weighted by Gasteiger charge is -2.41. The van der Waals surface area contributed by atoms with Gasteiger partial charge in [-0.2, -0.15) is 0 Å². The lowest BCUT2D eigenvalue weighted by molar-refractivity contribution is 0.0828. The third-order valence-electron chi connectivity index (χ3n) is 8.52. The first kappa shape index (κ1) is 25.0. The lowest BCUT2D eigenvalue weighted by atomic mass is 9.89.